The maximum absolute atomic E-state index is 13.0. The Kier molecular flexibility index (Phi) is 2.81. The molecular weight excluding hydrogens is 309 g/mol. The lowest BCUT2D eigenvalue weighted by molar-refractivity contribution is 0.291. The number of rotatable bonds is 3. The molecule has 2 bridgehead atoms. The minimum atomic E-state index is -0.276. The summed E-state index contributed by atoms with van der Waals surface area (Å²) in [5.74, 6) is 1.02. The van der Waals surface area contributed by atoms with Crippen LogP contribution in [0, 0.1) is 5.82 Å². The lowest BCUT2D eigenvalue weighted by Crippen LogP contribution is -2.38. The lowest BCUT2D eigenvalue weighted by atomic mass is 9.88. The topological polar surface area (TPSA) is 47.4 Å². The summed E-state index contributed by atoms with van der Waals surface area (Å²) >= 11 is 0. The molecule has 124 valence electrons. The Balaban J connectivity index is 1.44. The molecular formula is C18H18FN3O2. The lowest BCUT2D eigenvalue weighted by Gasteiger charge is -2.27. The van der Waals surface area contributed by atoms with Crippen LogP contribution in [0.2, 0.25) is 0 Å². The Morgan fingerprint density at radius 1 is 1.25 bits per heavy atom. The molecule has 24 heavy (non-hydrogen) atoms. The molecule has 0 amide bonds. The van der Waals surface area contributed by atoms with Gasteiger partial charge in [-0.05, 0) is 43.4 Å². The molecule has 0 aliphatic carbocycles. The molecule has 1 aromatic carbocycles. The minimum Gasteiger partial charge on any atom is -0.473 e. The van der Waals surface area contributed by atoms with E-state index in [9.17, 15) is 9.18 Å². The number of nitrogens with zero attached hydrogens (tertiary/aromatic N) is 3. The van der Waals surface area contributed by atoms with Gasteiger partial charge in [0.05, 0.1) is 12.1 Å². The summed E-state index contributed by atoms with van der Waals surface area (Å²) in [6.45, 7) is 1.02. The van der Waals surface area contributed by atoms with Crippen LogP contribution in [0.1, 0.15) is 31.2 Å². The van der Waals surface area contributed by atoms with Crippen LogP contribution in [-0.4, -0.2) is 21.1 Å². The van der Waals surface area contributed by atoms with Crippen molar-refractivity contribution in [1.82, 2.24) is 9.55 Å². The smallest absolute Gasteiger partial charge is 0.352 e. The second-order valence-electron chi connectivity index (χ2n) is 7.06. The molecule has 1 aromatic heterocycles. The molecule has 0 N–H and O–H groups in total. The Morgan fingerprint density at radius 2 is 2.00 bits per heavy atom. The molecule has 0 radical (unpaired) electrons. The quantitative estimate of drug-likeness (QED) is 0.869. The van der Waals surface area contributed by atoms with Crippen molar-refractivity contribution in [3.05, 3.63) is 52.2 Å². The predicted molar refractivity (Wildman–Crippen MR) is 86.7 cm³/mol. The van der Waals surface area contributed by atoms with E-state index in [0.717, 1.165) is 30.8 Å². The monoisotopic (exact) mass is 327 g/mol. The first-order valence-electron chi connectivity index (χ1n) is 8.43. The van der Waals surface area contributed by atoms with Gasteiger partial charge in [0.15, 0.2) is 0 Å². The van der Waals surface area contributed by atoms with Crippen LogP contribution >= 0.6 is 0 Å². The molecule has 3 aliphatic heterocycles. The number of aromatic nitrogens is 2. The van der Waals surface area contributed by atoms with E-state index in [1.165, 1.54) is 25.0 Å². The maximum Gasteiger partial charge on any atom is 0.352 e. The fourth-order valence-corrected chi connectivity index (χ4v) is 4.62. The molecule has 0 unspecified atom stereocenters. The van der Waals surface area contributed by atoms with Crippen molar-refractivity contribution in [2.24, 2.45) is 0 Å². The van der Waals surface area contributed by atoms with Gasteiger partial charge in [-0.25, -0.2) is 9.18 Å². The number of hydrogen-bond donors (Lipinski definition) is 0. The minimum absolute atomic E-state index is 0.133. The van der Waals surface area contributed by atoms with Gasteiger partial charge in [0.1, 0.15) is 18.2 Å². The number of hydrogen-bond acceptors (Lipinski definition) is 4. The van der Waals surface area contributed by atoms with Crippen molar-refractivity contribution in [2.45, 2.75) is 50.4 Å². The van der Waals surface area contributed by atoms with Gasteiger partial charge in [-0.3, -0.25) is 4.57 Å². The van der Waals surface area contributed by atoms with Crippen LogP contribution in [0.25, 0.3) is 0 Å². The SMILES string of the molecule is O=c1nc(OCc2ccc(F)cc2)cc2n1CC13CCC(CC1)N23. The normalized spacial score (nSPS) is 26.5. The zero-order valence-corrected chi connectivity index (χ0v) is 13.2. The average molecular weight is 327 g/mol. The van der Waals surface area contributed by atoms with Crippen molar-refractivity contribution < 1.29 is 9.13 Å². The van der Waals surface area contributed by atoms with E-state index >= 15 is 0 Å². The summed E-state index contributed by atoms with van der Waals surface area (Å²) in [5, 5.41) is 0. The number of benzene rings is 1. The highest BCUT2D eigenvalue weighted by Gasteiger charge is 2.56. The van der Waals surface area contributed by atoms with Gasteiger partial charge in [0.2, 0.25) is 5.88 Å². The molecule has 0 spiro atoms. The Labute approximate surface area is 138 Å². The molecule has 0 saturated carbocycles. The zero-order valence-electron chi connectivity index (χ0n) is 13.2. The molecule has 3 aliphatic rings. The van der Waals surface area contributed by atoms with E-state index in [2.05, 4.69) is 9.88 Å². The van der Waals surface area contributed by atoms with Crippen molar-refractivity contribution in [1.29, 1.82) is 0 Å². The van der Waals surface area contributed by atoms with E-state index in [1.54, 1.807) is 16.7 Å². The summed E-state index contributed by atoms with van der Waals surface area (Å²) < 4.78 is 20.4. The van der Waals surface area contributed by atoms with E-state index < -0.39 is 0 Å². The van der Waals surface area contributed by atoms with Crippen LogP contribution in [-0.2, 0) is 13.2 Å². The van der Waals surface area contributed by atoms with Crippen LogP contribution in [0.5, 0.6) is 5.88 Å². The highest BCUT2D eigenvalue weighted by Crippen LogP contribution is 2.53. The van der Waals surface area contributed by atoms with Gasteiger partial charge in [0, 0.05) is 12.1 Å². The van der Waals surface area contributed by atoms with E-state index in [1.807, 2.05) is 6.07 Å². The molecule has 6 heteroatoms. The first-order valence-corrected chi connectivity index (χ1v) is 8.43. The number of halogens is 1. The number of fused-ring (bicyclic) bond motifs is 1. The molecule has 2 saturated heterocycles. The molecule has 0 atom stereocenters. The number of ether oxygens (including phenoxy) is 1. The second kappa shape index (κ2) is 4.82. The van der Waals surface area contributed by atoms with Crippen molar-refractivity contribution in [3.8, 4) is 5.88 Å². The fourth-order valence-electron chi connectivity index (χ4n) is 4.62. The summed E-state index contributed by atoms with van der Waals surface area (Å²) in [6.07, 6.45) is 4.74. The van der Waals surface area contributed by atoms with Crippen LogP contribution in [0.15, 0.2) is 35.1 Å². The standard InChI is InChI=1S/C18H18FN3O2/c19-13-3-1-12(2-4-13)10-24-15-9-16-21(17(23)20-15)11-18-7-5-14(6-8-18)22(16)18/h1-4,9,14H,5-8,10-11H2. The van der Waals surface area contributed by atoms with Crippen molar-refractivity contribution in [3.63, 3.8) is 0 Å². The summed E-state index contributed by atoms with van der Waals surface area (Å²) in [4.78, 5) is 18.9. The third kappa shape index (κ3) is 1.92. The largest absolute Gasteiger partial charge is 0.473 e. The third-order valence-corrected chi connectivity index (χ3v) is 5.73. The summed E-state index contributed by atoms with van der Waals surface area (Å²) in [6, 6.07) is 8.57. The molecule has 5 nitrogen and oxygen atoms in total. The molecule has 2 fully saturated rings. The van der Waals surface area contributed by atoms with E-state index in [4.69, 9.17) is 4.74 Å². The van der Waals surface area contributed by atoms with Gasteiger partial charge < -0.3 is 9.64 Å². The first kappa shape index (κ1) is 14.0. The van der Waals surface area contributed by atoms with Crippen LogP contribution < -0.4 is 15.3 Å². The van der Waals surface area contributed by atoms with Crippen LogP contribution in [0.3, 0.4) is 0 Å². The average Bonchev–Trinajstić information content (AvgIpc) is 3.20. The van der Waals surface area contributed by atoms with Crippen LogP contribution in [0.4, 0.5) is 10.2 Å². The van der Waals surface area contributed by atoms with Crippen molar-refractivity contribution in [2.75, 3.05) is 4.90 Å². The highest BCUT2D eigenvalue weighted by atomic mass is 19.1. The Hall–Kier alpha value is -2.37. The van der Waals surface area contributed by atoms with Gasteiger partial charge in [0.25, 0.3) is 0 Å². The number of anilines is 1. The third-order valence-electron chi connectivity index (χ3n) is 5.73. The van der Waals surface area contributed by atoms with Gasteiger partial charge in [-0.1, -0.05) is 12.1 Å². The van der Waals surface area contributed by atoms with Gasteiger partial charge in [-0.15, -0.1) is 0 Å². The van der Waals surface area contributed by atoms with Crippen molar-refractivity contribution >= 4 is 5.82 Å². The van der Waals surface area contributed by atoms with Gasteiger partial charge >= 0.3 is 5.69 Å². The molecule has 2 aromatic rings. The Bertz CT molecular complexity index is 854. The second-order valence-corrected chi connectivity index (χ2v) is 7.06. The predicted octanol–water partition coefficient (Wildman–Crippen LogP) is 2.48. The highest BCUT2D eigenvalue weighted by molar-refractivity contribution is 5.54. The summed E-state index contributed by atoms with van der Waals surface area (Å²) in [7, 11) is 0. The maximum atomic E-state index is 13.0. The summed E-state index contributed by atoms with van der Waals surface area (Å²) in [5.41, 5.74) is 0.737. The first-order chi connectivity index (χ1) is 11.6. The Morgan fingerprint density at radius 3 is 2.75 bits per heavy atom. The molecule has 5 rings (SSSR count). The van der Waals surface area contributed by atoms with E-state index in [-0.39, 0.29) is 23.7 Å². The van der Waals surface area contributed by atoms with Gasteiger partial charge in [-0.2, -0.15) is 4.98 Å². The fraction of sp³-hybridized carbons (Fsp3) is 0.444. The molecule has 4 heterocycles. The van der Waals surface area contributed by atoms with E-state index in [0.29, 0.717) is 11.9 Å². The zero-order chi connectivity index (χ0) is 16.3.